The van der Waals surface area contributed by atoms with Gasteiger partial charge in [0.15, 0.2) is 0 Å². The van der Waals surface area contributed by atoms with Crippen LogP contribution in [0.5, 0.6) is 0 Å². The second-order valence-electron chi connectivity index (χ2n) is 9.52. The molecule has 39 heavy (non-hydrogen) atoms. The monoisotopic (exact) mass is 551 g/mol. The van der Waals surface area contributed by atoms with E-state index in [0.29, 0.717) is 30.0 Å². The largest absolute Gasteiger partial charge is 1.00 e. The third-order valence-corrected chi connectivity index (χ3v) is 6.12. The maximum Gasteiger partial charge on any atom is 1.00 e. The van der Waals surface area contributed by atoms with Crippen molar-refractivity contribution in [2.24, 2.45) is 0 Å². The molecule has 0 aliphatic carbocycles. The molecule has 0 saturated heterocycles. The normalized spacial score (nSPS) is 12.6. The van der Waals surface area contributed by atoms with Gasteiger partial charge in [-0.05, 0) is 67.1 Å². The van der Waals surface area contributed by atoms with Crippen molar-refractivity contribution in [3.8, 4) is 11.4 Å². The average Bonchev–Trinajstić information content (AvgIpc) is 3.24. The molecule has 0 radical (unpaired) electrons. The predicted molar refractivity (Wildman–Crippen MR) is 135 cm³/mol. The summed E-state index contributed by atoms with van der Waals surface area (Å²) in [5, 5.41) is 33.8. The minimum atomic E-state index is -1.41. The Labute approximate surface area is 248 Å². The first-order valence-electron chi connectivity index (χ1n) is 12.5. The van der Waals surface area contributed by atoms with Gasteiger partial charge < -0.3 is 30.0 Å². The Kier molecular flexibility index (Phi) is 12.7. The number of nitrogens with one attached hydrogen (secondary N) is 1. The van der Waals surface area contributed by atoms with Crippen LogP contribution in [0.15, 0.2) is 48.5 Å². The standard InChI is InChI=1S/C28H33F2N3O5.Na/c1-17(2)26-25(28(38)31-13-11-18-3-7-20(29)8-4-18)32-27(19-5-9-21(30)10-6-19)33(26)14-12-22(34)15-23(35)16-24(36)37;/h3-10,17,22-23,34-35H,11-16H2,1-2H3,(H,31,38)(H,36,37);/q;+1/p-1/t22-,23-;/m1./s1. The van der Waals surface area contributed by atoms with Gasteiger partial charge in [-0.3, -0.25) is 4.79 Å². The zero-order valence-corrected chi connectivity index (χ0v) is 24.4. The number of imidazole rings is 1. The first-order chi connectivity index (χ1) is 18.0. The molecule has 2 atom stereocenters. The Bertz CT molecular complexity index is 1230. The molecule has 0 fully saturated rings. The summed E-state index contributed by atoms with van der Waals surface area (Å²) >= 11 is 0. The molecule has 1 heterocycles. The van der Waals surface area contributed by atoms with Crippen molar-refractivity contribution in [1.82, 2.24) is 14.9 Å². The van der Waals surface area contributed by atoms with Gasteiger partial charge in [-0.2, -0.15) is 0 Å². The molecule has 1 amide bonds. The summed E-state index contributed by atoms with van der Waals surface area (Å²) in [5.74, 6) is -2.29. The van der Waals surface area contributed by atoms with Crippen molar-refractivity contribution in [3.63, 3.8) is 0 Å². The third-order valence-electron chi connectivity index (χ3n) is 6.12. The zero-order valence-electron chi connectivity index (χ0n) is 22.4. The molecule has 0 saturated carbocycles. The Morgan fingerprint density at radius 2 is 1.59 bits per heavy atom. The number of aliphatic carboxylic acids is 1. The number of carboxylic acid groups (broad SMARTS) is 1. The van der Waals surface area contributed by atoms with Crippen molar-refractivity contribution < 1.29 is 63.2 Å². The molecule has 0 bridgehead atoms. The van der Waals surface area contributed by atoms with E-state index >= 15 is 0 Å². The molecule has 1 aromatic heterocycles. The van der Waals surface area contributed by atoms with E-state index < -0.39 is 36.3 Å². The molecule has 0 spiro atoms. The Hall–Kier alpha value is -2.63. The summed E-state index contributed by atoms with van der Waals surface area (Å²) in [7, 11) is 0. The van der Waals surface area contributed by atoms with Crippen LogP contribution in [0.25, 0.3) is 11.4 Å². The van der Waals surface area contributed by atoms with Gasteiger partial charge in [-0.1, -0.05) is 26.0 Å². The number of rotatable bonds is 13. The number of aliphatic hydroxyl groups excluding tert-OH is 2. The van der Waals surface area contributed by atoms with Crippen molar-refractivity contribution in [1.29, 1.82) is 0 Å². The van der Waals surface area contributed by atoms with Crippen LogP contribution < -0.4 is 40.0 Å². The molecule has 3 N–H and O–H groups in total. The molecule has 204 valence electrons. The van der Waals surface area contributed by atoms with Gasteiger partial charge in [0.2, 0.25) is 0 Å². The topological polar surface area (TPSA) is 128 Å². The molecule has 2 aromatic carbocycles. The first-order valence-corrected chi connectivity index (χ1v) is 12.5. The van der Waals surface area contributed by atoms with Gasteiger partial charge in [0.05, 0.1) is 17.9 Å². The minimum Gasteiger partial charge on any atom is -0.550 e. The molecular weight excluding hydrogens is 519 g/mol. The molecule has 0 aliphatic rings. The van der Waals surface area contributed by atoms with Crippen LogP contribution in [0.2, 0.25) is 0 Å². The second kappa shape index (κ2) is 15.2. The minimum absolute atomic E-state index is 0. The number of hydrogen-bond acceptors (Lipinski definition) is 6. The predicted octanol–water partition coefficient (Wildman–Crippen LogP) is -0.430. The van der Waals surface area contributed by atoms with Crippen LogP contribution in [0, 0.1) is 11.6 Å². The van der Waals surface area contributed by atoms with E-state index in [-0.39, 0.29) is 66.4 Å². The van der Waals surface area contributed by atoms with E-state index in [9.17, 15) is 33.7 Å². The number of carbonyl (C=O) groups excluding carboxylic acids is 2. The number of nitrogens with zero attached hydrogens (tertiary/aromatic N) is 2. The third kappa shape index (κ3) is 9.51. The fourth-order valence-corrected chi connectivity index (χ4v) is 4.30. The fourth-order valence-electron chi connectivity index (χ4n) is 4.30. The van der Waals surface area contributed by atoms with Crippen LogP contribution in [-0.2, 0) is 17.8 Å². The second-order valence-corrected chi connectivity index (χ2v) is 9.52. The van der Waals surface area contributed by atoms with Crippen molar-refractivity contribution in [2.75, 3.05) is 6.54 Å². The van der Waals surface area contributed by atoms with Crippen molar-refractivity contribution in [2.45, 2.75) is 64.2 Å². The van der Waals surface area contributed by atoms with Gasteiger partial charge in [0.1, 0.15) is 23.2 Å². The van der Waals surface area contributed by atoms with E-state index in [1.165, 1.54) is 24.3 Å². The van der Waals surface area contributed by atoms with Crippen molar-refractivity contribution in [3.05, 3.63) is 77.1 Å². The summed E-state index contributed by atoms with van der Waals surface area (Å²) in [4.78, 5) is 28.5. The van der Waals surface area contributed by atoms with Gasteiger partial charge >= 0.3 is 29.6 Å². The molecule has 0 unspecified atom stereocenters. The Balaban J connectivity index is 0.00000533. The quantitative estimate of drug-likeness (QED) is 0.248. The summed E-state index contributed by atoms with van der Waals surface area (Å²) in [6.45, 7) is 4.32. The molecule has 3 aromatic rings. The Morgan fingerprint density at radius 1 is 1.00 bits per heavy atom. The number of aliphatic hydroxyl groups is 2. The van der Waals surface area contributed by atoms with Crippen LogP contribution in [0.3, 0.4) is 0 Å². The molecular formula is C28H32F2N3NaO5. The molecule has 8 nitrogen and oxygen atoms in total. The van der Waals surface area contributed by atoms with E-state index in [1.54, 1.807) is 28.8 Å². The SMILES string of the molecule is CC(C)c1c(C(=O)NCCc2ccc(F)cc2)nc(-c2ccc(F)cc2)n1CC[C@@H](O)C[C@@H](O)CC(=O)[O-].[Na+]. The van der Waals surface area contributed by atoms with Gasteiger partial charge in [0.25, 0.3) is 5.91 Å². The van der Waals surface area contributed by atoms with Gasteiger partial charge in [0, 0.05) is 31.0 Å². The molecule has 0 aliphatic heterocycles. The van der Waals surface area contributed by atoms with Crippen LogP contribution in [0.4, 0.5) is 8.78 Å². The number of carbonyl (C=O) groups is 2. The number of amides is 1. The smallest absolute Gasteiger partial charge is 0.550 e. The first kappa shape index (κ1) is 32.6. The average molecular weight is 552 g/mol. The summed E-state index contributed by atoms with van der Waals surface area (Å²) in [5.41, 5.74) is 2.25. The zero-order chi connectivity index (χ0) is 27.8. The summed E-state index contributed by atoms with van der Waals surface area (Å²) in [6.07, 6.45) is -2.35. The number of benzene rings is 2. The van der Waals surface area contributed by atoms with E-state index in [4.69, 9.17) is 0 Å². The number of carboxylic acids is 1. The summed E-state index contributed by atoms with van der Waals surface area (Å²) < 4.78 is 28.5. The number of hydrogen-bond donors (Lipinski definition) is 3. The fraction of sp³-hybridized carbons (Fsp3) is 0.393. The van der Waals surface area contributed by atoms with Gasteiger partial charge in [-0.25, -0.2) is 13.8 Å². The van der Waals surface area contributed by atoms with Gasteiger partial charge in [-0.15, -0.1) is 0 Å². The maximum absolute atomic E-state index is 13.6. The molecule has 3 rings (SSSR count). The maximum atomic E-state index is 13.6. The summed E-state index contributed by atoms with van der Waals surface area (Å²) in [6, 6.07) is 11.7. The molecule has 11 heteroatoms. The number of halogens is 2. The number of aromatic nitrogens is 2. The van der Waals surface area contributed by atoms with Crippen LogP contribution in [0.1, 0.15) is 60.8 Å². The van der Waals surface area contributed by atoms with Crippen molar-refractivity contribution >= 4 is 11.9 Å². The Morgan fingerprint density at radius 3 is 2.15 bits per heavy atom. The van der Waals surface area contributed by atoms with E-state index in [1.807, 2.05) is 13.8 Å². The van der Waals surface area contributed by atoms with E-state index in [0.717, 1.165) is 5.56 Å². The van der Waals surface area contributed by atoms with Crippen LogP contribution in [-0.4, -0.2) is 50.4 Å². The van der Waals surface area contributed by atoms with Crippen LogP contribution >= 0.6 is 0 Å². The van der Waals surface area contributed by atoms with E-state index in [2.05, 4.69) is 10.3 Å².